The zero-order valence-corrected chi connectivity index (χ0v) is 20.0. The van der Waals surface area contributed by atoms with E-state index >= 15 is 0 Å². The lowest BCUT2D eigenvalue weighted by Crippen LogP contribution is -2.33. The minimum atomic E-state index is -0.260. The number of aromatic amines is 1. The molecule has 1 aromatic heterocycles. The molecule has 1 N–H and O–H groups in total. The third kappa shape index (κ3) is 5.88. The van der Waals surface area contributed by atoms with Crippen molar-refractivity contribution in [1.82, 2.24) is 25.0 Å². The average molecular weight is 478 g/mol. The lowest BCUT2D eigenvalue weighted by Gasteiger charge is -2.26. The lowest BCUT2D eigenvalue weighted by atomic mass is 10.1. The molecule has 35 heavy (non-hydrogen) atoms. The van der Waals surface area contributed by atoms with Crippen LogP contribution in [0.2, 0.25) is 0 Å². The van der Waals surface area contributed by atoms with Crippen LogP contribution >= 0.6 is 0 Å². The second-order valence-corrected chi connectivity index (χ2v) is 9.38. The number of hydrogen-bond donors (Lipinski definition) is 1. The van der Waals surface area contributed by atoms with Crippen LogP contribution in [0.1, 0.15) is 65.7 Å². The van der Waals surface area contributed by atoms with Crippen LogP contribution in [-0.4, -0.2) is 63.7 Å². The first-order valence-corrected chi connectivity index (χ1v) is 12.6. The summed E-state index contributed by atoms with van der Waals surface area (Å²) in [6, 6.07) is 13.6. The van der Waals surface area contributed by atoms with E-state index in [1.165, 1.54) is 31.4 Å². The number of amides is 1. The van der Waals surface area contributed by atoms with Crippen LogP contribution in [0.4, 0.5) is 4.39 Å². The maximum absolute atomic E-state index is 13.3. The van der Waals surface area contributed by atoms with E-state index in [9.17, 15) is 9.18 Å². The fourth-order valence-corrected chi connectivity index (χ4v) is 4.95. The van der Waals surface area contributed by atoms with Crippen LogP contribution in [-0.2, 0) is 6.42 Å². The molecule has 2 aliphatic rings. The van der Waals surface area contributed by atoms with Crippen molar-refractivity contribution in [2.75, 3.05) is 32.8 Å². The molecule has 1 amide bonds. The summed E-state index contributed by atoms with van der Waals surface area (Å²) in [4.78, 5) is 22.2. The van der Waals surface area contributed by atoms with Gasteiger partial charge in [0.05, 0.1) is 6.04 Å². The Morgan fingerprint density at radius 3 is 2.54 bits per heavy atom. The third-order valence-corrected chi connectivity index (χ3v) is 6.87. The van der Waals surface area contributed by atoms with E-state index in [-0.39, 0.29) is 17.8 Å². The van der Waals surface area contributed by atoms with Crippen molar-refractivity contribution in [3.8, 4) is 5.75 Å². The first-order valence-electron chi connectivity index (χ1n) is 12.6. The second-order valence-electron chi connectivity index (χ2n) is 9.38. The predicted octanol–water partition coefficient (Wildman–Crippen LogP) is 4.38. The van der Waals surface area contributed by atoms with Gasteiger partial charge in [-0.3, -0.25) is 14.8 Å². The standard InChI is InChI=1S/C27H32FN5O2/c28-22-10-6-20(7-11-22)19-25-29-26(31-30-25)24-5-4-16-33(24)27(34)21-8-12-23(13-9-21)35-18-17-32-14-2-1-3-15-32/h6-13,24H,1-5,14-19H2,(H,29,30,31). The molecule has 0 spiro atoms. The molecule has 3 heterocycles. The first kappa shape index (κ1) is 23.5. The van der Waals surface area contributed by atoms with Crippen molar-refractivity contribution < 1.29 is 13.9 Å². The Kier molecular flexibility index (Phi) is 7.37. The summed E-state index contributed by atoms with van der Waals surface area (Å²) >= 11 is 0. The number of benzene rings is 2. The number of nitrogens with one attached hydrogen (secondary N) is 1. The number of halogens is 1. The van der Waals surface area contributed by atoms with Gasteiger partial charge in [-0.25, -0.2) is 9.37 Å². The van der Waals surface area contributed by atoms with E-state index in [4.69, 9.17) is 4.74 Å². The number of carbonyl (C=O) groups is 1. The molecule has 1 atom stereocenters. The van der Waals surface area contributed by atoms with Gasteiger partial charge in [0.1, 0.15) is 24.0 Å². The van der Waals surface area contributed by atoms with Crippen LogP contribution in [0.15, 0.2) is 48.5 Å². The zero-order valence-electron chi connectivity index (χ0n) is 20.0. The van der Waals surface area contributed by atoms with Gasteiger partial charge in [-0.1, -0.05) is 18.6 Å². The van der Waals surface area contributed by atoms with Gasteiger partial charge in [0.2, 0.25) is 0 Å². The molecule has 7 nitrogen and oxygen atoms in total. The summed E-state index contributed by atoms with van der Waals surface area (Å²) in [5.41, 5.74) is 1.59. The highest BCUT2D eigenvalue weighted by molar-refractivity contribution is 5.94. The number of likely N-dealkylation sites (tertiary alicyclic amines) is 2. The molecule has 8 heteroatoms. The van der Waals surface area contributed by atoms with Gasteiger partial charge >= 0.3 is 0 Å². The summed E-state index contributed by atoms with van der Waals surface area (Å²) < 4.78 is 19.1. The summed E-state index contributed by atoms with van der Waals surface area (Å²) in [6.07, 6.45) is 6.16. The molecule has 2 saturated heterocycles. The van der Waals surface area contributed by atoms with E-state index in [0.717, 1.165) is 43.8 Å². The third-order valence-electron chi connectivity index (χ3n) is 6.87. The molecular formula is C27H32FN5O2. The number of H-pyrrole nitrogens is 1. The monoisotopic (exact) mass is 477 g/mol. The van der Waals surface area contributed by atoms with E-state index in [0.29, 0.717) is 36.8 Å². The Bertz CT molecular complexity index is 1110. The summed E-state index contributed by atoms with van der Waals surface area (Å²) in [7, 11) is 0. The molecule has 2 fully saturated rings. The first-order chi connectivity index (χ1) is 17.2. The van der Waals surface area contributed by atoms with Gasteiger partial charge in [0.25, 0.3) is 5.91 Å². The highest BCUT2D eigenvalue weighted by Gasteiger charge is 2.33. The van der Waals surface area contributed by atoms with Crippen molar-refractivity contribution in [2.24, 2.45) is 0 Å². The van der Waals surface area contributed by atoms with Crippen molar-refractivity contribution >= 4 is 5.91 Å². The molecule has 1 unspecified atom stereocenters. The van der Waals surface area contributed by atoms with E-state index in [1.807, 2.05) is 29.2 Å². The molecule has 0 bridgehead atoms. The molecule has 2 aromatic carbocycles. The van der Waals surface area contributed by atoms with Crippen molar-refractivity contribution in [2.45, 2.75) is 44.6 Å². The molecule has 184 valence electrons. The Balaban J connectivity index is 1.17. The number of carbonyl (C=O) groups excluding carboxylic acids is 1. The van der Waals surface area contributed by atoms with Crippen LogP contribution in [0.3, 0.4) is 0 Å². The number of hydrogen-bond acceptors (Lipinski definition) is 5. The Morgan fingerprint density at radius 2 is 1.77 bits per heavy atom. The fourth-order valence-electron chi connectivity index (χ4n) is 4.95. The molecule has 5 rings (SSSR count). The van der Waals surface area contributed by atoms with Gasteiger partial charge < -0.3 is 9.64 Å². The van der Waals surface area contributed by atoms with Gasteiger partial charge in [-0.05, 0) is 80.7 Å². The number of nitrogens with zero attached hydrogens (tertiary/aromatic N) is 4. The quantitative estimate of drug-likeness (QED) is 0.521. The molecular weight excluding hydrogens is 445 g/mol. The van der Waals surface area contributed by atoms with E-state index in [1.54, 1.807) is 12.1 Å². The van der Waals surface area contributed by atoms with Crippen molar-refractivity contribution in [3.63, 3.8) is 0 Å². The maximum atomic E-state index is 13.3. The molecule has 0 radical (unpaired) electrons. The Morgan fingerprint density at radius 1 is 1.00 bits per heavy atom. The second kappa shape index (κ2) is 11.0. The minimum Gasteiger partial charge on any atom is -0.492 e. The van der Waals surface area contributed by atoms with Crippen molar-refractivity contribution in [1.29, 1.82) is 0 Å². The molecule has 0 saturated carbocycles. The topological polar surface area (TPSA) is 74.3 Å². The Labute approximate surface area is 205 Å². The highest BCUT2D eigenvalue weighted by atomic mass is 19.1. The number of ether oxygens (including phenoxy) is 1. The van der Waals surface area contributed by atoms with Crippen LogP contribution in [0, 0.1) is 5.82 Å². The number of rotatable bonds is 8. The normalized spacial score (nSPS) is 18.7. The van der Waals surface area contributed by atoms with E-state index < -0.39 is 0 Å². The van der Waals surface area contributed by atoms with Crippen molar-refractivity contribution in [3.05, 3.63) is 77.1 Å². The molecule has 3 aromatic rings. The smallest absolute Gasteiger partial charge is 0.254 e. The fraction of sp³-hybridized carbons (Fsp3) is 0.444. The molecule has 2 aliphatic heterocycles. The highest BCUT2D eigenvalue weighted by Crippen LogP contribution is 2.31. The van der Waals surface area contributed by atoms with Gasteiger partial charge in [-0.15, -0.1) is 0 Å². The van der Waals surface area contributed by atoms with Gasteiger partial charge in [-0.2, -0.15) is 5.10 Å². The van der Waals surface area contributed by atoms with Crippen LogP contribution < -0.4 is 4.74 Å². The summed E-state index contributed by atoms with van der Waals surface area (Å²) in [5.74, 6) is 1.85. The maximum Gasteiger partial charge on any atom is 0.254 e. The van der Waals surface area contributed by atoms with Crippen LogP contribution in [0.25, 0.3) is 0 Å². The van der Waals surface area contributed by atoms with E-state index in [2.05, 4.69) is 20.1 Å². The molecule has 0 aliphatic carbocycles. The average Bonchev–Trinajstić information content (AvgIpc) is 3.56. The van der Waals surface area contributed by atoms with Gasteiger partial charge in [0, 0.05) is 25.1 Å². The number of aromatic nitrogens is 3. The van der Waals surface area contributed by atoms with Crippen LogP contribution in [0.5, 0.6) is 5.75 Å². The van der Waals surface area contributed by atoms with Gasteiger partial charge in [0.15, 0.2) is 5.82 Å². The summed E-state index contributed by atoms with van der Waals surface area (Å²) in [6.45, 7) is 4.60. The Hall–Kier alpha value is -3.26. The largest absolute Gasteiger partial charge is 0.492 e. The SMILES string of the molecule is O=C(c1ccc(OCCN2CCCCC2)cc1)N1CCCC1c1n[nH]c(Cc2ccc(F)cc2)n1. The predicted molar refractivity (Wildman–Crippen MR) is 131 cm³/mol. The zero-order chi connectivity index (χ0) is 24.0. The lowest BCUT2D eigenvalue weighted by molar-refractivity contribution is 0.0730. The number of piperidine rings is 1. The minimum absolute atomic E-state index is 0.0164. The summed E-state index contributed by atoms with van der Waals surface area (Å²) in [5, 5.41) is 7.38.